The minimum Gasteiger partial charge on any atom is -0.497 e. The second-order valence-corrected chi connectivity index (χ2v) is 5.67. The van der Waals surface area contributed by atoms with Crippen molar-refractivity contribution in [3.63, 3.8) is 0 Å². The number of methoxy groups -OCH3 is 2. The van der Waals surface area contributed by atoms with Crippen LogP contribution in [-0.4, -0.2) is 36.8 Å². The summed E-state index contributed by atoms with van der Waals surface area (Å²) >= 11 is 0. The number of aromatic nitrogens is 2. The molecular formula is C20H20N2O5. The van der Waals surface area contributed by atoms with Crippen LogP contribution in [0.1, 0.15) is 23.2 Å². The summed E-state index contributed by atoms with van der Waals surface area (Å²) in [6.07, 6.45) is 0.665. The number of ketones is 1. The summed E-state index contributed by atoms with van der Waals surface area (Å²) in [5.74, 6) is 2.53. The van der Waals surface area contributed by atoms with Gasteiger partial charge >= 0.3 is 0 Å². The molecule has 0 N–H and O–H groups in total. The highest BCUT2D eigenvalue weighted by molar-refractivity contribution is 5.97. The molecule has 0 aliphatic heterocycles. The molecule has 0 aliphatic carbocycles. The monoisotopic (exact) mass is 368 g/mol. The van der Waals surface area contributed by atoms with E-state index in [-0.39, 0.29) is 12.4 Å². The summed E-state index contributed by atoms with van der Waals surface area (Å²) in [7, 11) is 3.11. The molecule has 140 valence electrons. The average Bonchev–Trinajstić information content (AvgIpc) is 3.21. The number of hydrogen-bond acceptors (Lipinski definition) is 7. The Labute approximate surface area is 156 Å². The fraction of sp³-hybridized carbons (Fsp3) is 0.250. The van der Waals surface area contributed by atoms with Crippen molar-refractivity contribution < 1.29 is 23.5 Å². The number of aryl methyl sites for hydroxylation is 1. The molecule has 2 aromatic carbocycles. The SMILES string of the molecule is CCc1nc(-c2ccc(OCC(=O)c3ccc(OC)cc3)c(OC)c2)no1. The van der Waals surface area contributed by atoms with Crippen LogP contribution in [0.5, 0.6) is 17.2 Å². The van der Waals surface area contributed by atoms with Crippen LogP contribution in [0.25, 0.3) is 11.4 Å². The topological polar surface area (TPSA) is 83.7 Å². The van der Waals surface area contributed by atoms with Gasteiger partial charge in [-0.25, -0.2) is 0 Å². The number of Topliss-reactive ketones (excluding diaryl/α,β-unsaturated/α-hetero) is 1. The molecule has 3 aromatic rings. The van der Waals surface area contributed by atoms with Gasteiger partial charge in [-0.05, 0) is 42.5 Å². The predicted molar refractivity (Wildman–Crippen MR) is 98.5 cm³/mol. The summed E-state index contributed by atoms with van der Waals surface area (Å²) in [6, 6.07) is 12.1. The molecule has 0 spiro atoms. The molecule has 3 rings (SSSR count). The third-order valence-corrected chi connectivity index (χ3v) is 3.96. The van der Waals surface area contributed by atoms with Crippen molar-refractivity contribution in [1.29, 1.82) is 0 Å². The normalized spacial score (nSPS) is 10.5. The molecule has 0 aliphatic rings. The molecule has 0 saturated carbocycles. The van der Waals surface area contributed by atoms with Gasteiger partial charge in [-0.2, -0.15) is 4.98 Å². The Morgan fingerprint density at radius 3 is 2.44 bits per heavy atom. The summed E-state index contributed by atoms with van der Waals surface area (Å²) < 4.78 is 21.2. The van der Waals surface area contributed by atoms with E-state index in [4.69, 9.17) is 18.7 Å². The molecular weight excluding hydrogens is 348 g/mol. The van der Waals surface area contributed by atoms with E-state index in [2.05, 4.69) is 10.1 Å². The molecule has 0 bridgehead atoms. The molecule has 27 heavy (non-hydrogen) atoms. The lowest BCUT2D eigenvalue weighted by Gasteiger charge is -2.11. The lowest BCUT2D eigenvalue weighted by Crippen LogP contribution is -2.12. The van der Waals surface area contributed by atoms with Gasteiger partial charge in [0.25, 0.3) is 0 Å². The molecule has 0 unspecified atom stereocenters. The van der Waals surface area contributed by atoms with Gasteiger partial charge in [0.15, 0.2) is 23.9 Å². The zero-order valence-corrected chi connectivity index (χ0v) is 15.4. The molecule has 1 aromatic heterocycles. The zero-order chi connectivity index (χ0) is 19.2. The molecule has 1 heterocycles. The third-order valence-electron chi connectivity index (χ3n) is 3.96. The fourth-order valence-electron chi connectivity index (χ4n) is 2.45. The average molecular weight is 368 g/mol. The molecule has 0 fully saturated rings. The van der Waals surface area contributed by atoms with Crippen molar-refractivity contribution in [3.05, 3.63) is 53.9 Å². The first-order valence-electron chi connectivity index (χ1n) is 8.45. The number of carbonyl (C=O) groups is 1. The van der Waals surface area contributed by atoms with E-state index in [1.54, 1.807) is 49.6 Å². The second-order valence-electron chi connectivity index (χ2n) is 5.67. The van der Waals surface area contributed by atoms with Gasteiger partial charge in [0.05, 0.1) is 14.2 Å². The summed E-state index contributed by atoms with van der Waals surface area (Å²) in [5.41, 5.74) is 1.29. The van der Waals surface area contributed by atoms with Crippen LogP contribution in [-0.2, 0) is 6.42 Å². The van der Waals surface area contributed by atoms with Crippen molar-refractivity contribution in [1.82, 2.24) is 10.1 Å². The minimum absolute atomic E-state index is 0.107. The Hall–Kier alpha value is -3.35. The molecule has 7 heteroatoms. The van der Waals surface area contributed by atoms with E-state index in [0.29, 0.717) is 40.9 Å². The van der Waals surface area contributed by atoms with Crippen LogP contribution in [0.15, 0.2) is 47.0 Å². The Bertz CT molecular complexity index is 918. The highest BCUT2D eigenvalue weighted by atomic mass is 16.5. The van der Waals surface area contributed by atoms with Crippen LogP contribution in [0.2, 0.25) is 0 Å². The molecule has 0 amide bonds. The summed E-state index contributed by atoms with van der Waals surface area (Å²) in [6.45, 7) is 1.83. The van der Waals surface area contributed by atoms with Crippen LogP contribution in [0.3, 0.4) is 0 Å². The van der Waals surface area contributed by atoms with Gasteiger partial charge in [0, 0.05) is 17.5 Å². The minimum atomic E-state index is -0.144. The second kappa shape index (κ2) is 8.35. The standard InChI is InChI=1S/C20H20N2O5/c1-4-19-21-20(22-27-19)14-7-10-17(18(11-14)25-3)26-12-16(23)13-5-8-15(24-2)9-6-13/h5-11H,4,12H2,1-3H3. The predicted octanol–water partition coefficient (Wildman–Crippen LogP) is 3.58. The van der Waals surface area contributed by atoms with Crippen LogP contribution in [0, 0.1) is 0 Å². The van der Waals surface area contributed by atoms with Crippen molar-refractivity contribution in [2.24, 2.45) is 0 Å². The maximum absolute atomic E-state index is 12.3. The van der Waals surface area contributed by atoms with E-state index >= 15 is 0 Å². The van der Waals surface area contributed by atoms with Crippen molar-refractivity contribution >= 4 is 5.78 Å². The van der Waals surface area contributed by atoms with Crippen LogP contribution in [0.4, 0.5) is 0 Å². The quantitative estimate of drug-likeness (QED) is 0.562. The first-order valence-corrected chi connectivity index (χ1v) is 8.45. The van der Waals surface area contributed by atoms with E-state index < -0.39 is 0 Å². The van der Waals surface area contributed by atoms with Gasteiger partial charge in [-0.1, -0.05) is 12.1 Å². The summed E-state index contributed by atoms with van der Waals surface area (Å²) in [5, 5.41) is 3.94. The maximum Gasteiger partial charge on any atom is 0.226 e. The van der Waals surface area contributed by atoms with Gasteiger partial charge in [-0.15, -0.1) is 0 Å². The Kier molecular flexibility index (Phi) is 5.71. The van der Waals surface area contributed by atoms with E-state index in [1.165, 1.54) is 7.11 Å². The number of carbonyl (C=O) groups excluding carboxylic acids is 1. The summed E-state index contributed by atoms with van der Waals surface area (Å²) in [4.78, 5) is 16.6. The lowest BCUT2D eigenvalue weighted by atomic mass is 10.1. The Morgan fingerprint density at radius 2 is 1.81 bits per heavy atom. The molecule has 7 nitrogen and oxygen atoms in total. The smallest absolute Gasteiger partial charge is 0.226 e. The zero-order valence-electron chi connectivity index (χ0n) is 15.4. The van der Waals surface area contributed by atoms with Crippen LogP contribution < -0.4 is 14.2 Å². The molecule has 0 radical (unpaired) electrons. The highest BCUT2D eigenvalue weighted by Gasteiger charge is 2.14. The van der Waals surface area contributed by atoms with Crippen molar-refractivity contribution in [3.8, 4) is 28.6 Å². The number of nitrogens with zero attached hydrogens (tertiary/aromatic N) is 2. The third kappa shape index (κ3) is 4.25. The van der Waals surface area contributed by atoms with Crippen molar-refractivity contribution in [2.75, 3.05) is 20.8 Å². The van der Waals surface area contributed by atoms with E-state index in [1.807, 2.05) is 6.92 Å². The maximum atomic E-state index is 12.3. The molecule has 0 atom stereocenters. The number of hydrogen-bond donors (Lipinski definition) is 0. The Balaban J connectivity index is 1.71. The van der Waals surface area contributed by atoms with Gasteiger partial charge in [-0.3, -0.25) is 4.79 Å². The Morgan fingerprint density at radius 1 is 1.04 bits per heavy atom. The van der Waals surface area contributed by atoms with E-state index in [0.717, 1.165) is 5.56 Å². The number of rotatable bonds is 8. The largest absolute Gasteiger partial charge is 0.497 e. The fourth-order valence-corrected chi connectivity index (χ4v) is 2.45. The van der Waals surface area contributed by atoms with Gasteiger partial charge in [0.2, 0.25) is 11.7 Å². The van der Waals surface area contributed by atoms with Gasteiger partial charge in [0.1, 0.15) is 5.75 Å². The van der Waals surface area contributed by atoms with Crippen molar-refractivity contribution in [2.45, 2.75) is 13.3 Å². The lowest BCUT2D eigenvalue weighted by molar-refractivity contribution is 0.0919. The molecule has 0 saturated heterocycles. The first kappa shape index (κ1) is 18.4. The van der Waals surface area contributed by atoms with E-state index in [9.17, 15) is 4.79 Å². The first-order chi connectivity index (χ1) is 13.1. The number of benzene rings is 2. The highest BCUT2D eigenvalue weighted by Crippen LogP contribution is 2.31. The van der Waals surface area contributed by atoms with Gasteiger partial charge < -0.3 is 18.7 Å². The van der Waals surface area contributed by atoms with Crippen LogP contribution >= 0.6 is 0 Å². The number of ether oxygens (including phenoxy) is 3.